The van der Waals surface area contributed by atoms with Crippen LogP contribution in [0.15, 0.2) is 24.3 Å². The summed E-state index contributed by atoms with van der Waals surface area (Å²) in [5.41, 5.74) is 1.91. The van der Waals surface area contributed by atoms with E-state index in [1.807, 2.05) is 45.3 Å². The minimum Gasteiger partial charge on any atom is -0.384 e. The van der Waals surface area contributed by atoms with Gasteiger partial charge in [-0.25, -0.2) is 0 Å². The van der Waals surface area contributed by atoms with Gasteiger partial charge in [0.1, 0.15) is 0 Å². The second kappa shape index (κ2) is 6.91. The number of nitrogens with one attached hydrogen (secondary N) is 2. The lowest BCUT2D eigenvalue weighted by Crippen LogP contribution is -2.20. The molecular formula is C13H21N3O. The number of hydrogen-bond acceptors (Lipinski definition) is 3. The van der Waals surface area contributed by atoms with Crippen LogP contribution in [0.25, 0.3) is 0 Å². The van der Waals surface area contributed by atoms with E-state index in [9.17, 15) is 4.79 Å². The van der Waals surface area contributed by atoms with Gasteiger partial charge in [-0.2, -0.15) is 0 Å². The van der Waals surface area contributed by atoms with Crippen molar-refractivity contribution in [1.29, 1.82) is 0 Å². The zero-order valence-electron chi connectivity index (χ0n) is 10.8. The molecule has 0 saturated carbocycles. The number of carbonyl (C=O) groups excluding carboxylic acids is 1. The lowest BCUT2D eigenvalue weighted by molar-refractivity contribution is -0.115. The van der Waals surface area contributed by atoms with Crippen LogP contribution in [0, 0.1) is 0 Å². The van der Waals surface area contributed by atoms with Gasteiger partial charge in [0.15, 0.2) is 0 Å². The zero-order chi connectivity index (χ0) is 12.7. The van der Waals surface area contributed by atoms with E-state index >= 15 is 0 Å². The van der Waals surface area contributed by atoms with Gasteiger partial charge in [-0.05, 0) is 38.4 Å². The van der Waals surface area contributed by atoms with Gasteiger partial charge in [0.2, 0.25) is 5.91 Å². The Kier molecular flexibility index (Phi) is 5.49. The number of anilines is 2. The van der Waals surface area contributed by atoms with Crippen molar-refractivity contribution in [2.45, 2.75) is 13.3 Å². The quantitative estimate of drug-likeness (QED) is 0.792. The third-order valence-corrected chi connectivity index (χ3v) is 2.38. The molecule has 0 unspecified atom stereocenters. The Morgan fingerprint density at radius 3 is 2.29 bits per heavy atom. The molecule has 0 aliphatic carbocycles. The standard InChI is InChI=1S/C13H21N3O/c1-4-13(17)15-12-7-5-11(6-8-12)14-9-10-16(2)3/h5-8,14H,4,9-10H2,1-3H3,(H,15,17). The van der Waals surface area contributed by atoms with Crippen molar-refractivity contribution in [3.8, 4) is 0 Å². The van der Waals surface area contributed by atoms with Crippen LogP contribution < -0.4 is 10.6 Å². The normalized spacial score (nSPS) is 10.4. The summed E-state index contributed by atoms with van der Waals surface area (Å²) in [6.07, 6.45) is 0.503. The molecule has 4 nitrogen and oxygen atoms in total. The Hall–Kier alpha value is -1.55. The van der Waals surface area contributed by atoms with Crippen LogP contribution in [0.1, 0.15) is 13.3 Å². The SMILES string of the molecule is CCC(=O)Nc1ccc(NCCN(C)C)cc1. The summed E-state index contributed by atoms with van der Waals surface area (Å²) in [6, 6.07) is 7.76. The Morgan fingerprint density at radius 1 is 1.18 bits per heavy atom. The molecule has 0 radical (unpaired) electrons. The van der Waals surface area contributed by atoms with E-state index in [4.69, 9.17) is 0 Å². The molecule has 0 bridgehead atoms. The van der Waals surface area contributed by atoms with Crippen molar-refractivity contribution in [2.75, 3.05) is 37.8 Å². The molecule has 94 valence electrons. The minimum atomic E-state index is 0.0401. The molecule has 0 heterocycles. The largest absolute Gasteiger partial charge is 0.384 e. The fraction of sp³-hybridized carbons (Fsp3) is 0.462. The van der Waals surface area contributed by atoms with Crippen molar-refractivity contribution in [1.82, 2.24) is 4.90 Å². The van der Waals surface area contributed by atoms with Crippen LogP contribution in [0.3, 0.4) is 0 Å². The van der Waals surface area contributed by atoms with Gasteiger partial charge in [-0.15, -0.1) is 0 Å². The van der Waals surface area contributed by atoms with Gasteiger partial charge in [0.05, 0.1) is 0 Å². The summed E-state index contributed by atoms with van der Waals surface area (Å²) < 4.78 is 0. The lowest BCUT2D eigenvalue weighted by Gasteiger charge is -2.11. The van der Waals surface area contributed by atoms with Crippen LogP contribution in [0.5, 0.6) is 0 Å². The summed E-state index contributed by atoms with van der Waals surface area (Å²) >= 11 is 0. The number of nitrogens with zero attached hydrogens (tertiary/aromatic N) is 1. The average Bonchev–Trinajstić information content (AvgIpc) is 2.31. The maximum absolute atomic E-state index is 11.2. The van der Waals surface area contributed by atoms with Crippen molar-refractivity contribution in [3.63, 3.8) is 0 Å². The summed E-state index contributed by atoms with van der Waals surface area (Å²) in [6.45, 7) is 3.74. The molecule has 2 N–H and O–H groups in total. The molecule has 0 aliphatic heterocycles. The van der Waals surface area contributed by atoms with Gasteiger partial charge in [-0.3, -0.25) is 4.79 Å². The number of hydrogen-bond donors (Lipinski definition) is 2. The molecule has 1 rings (SSSR count). The number of amides is 1. The Bertz CT molecular complexity index is 346. The fourth-order valence-corrected chi connectivity index (χ4v) is 1.34. The Labute approximate surface area is 103 Å². The summed E-state index contributed by atoms with van der Waals surface area (Å²) in [4.78, 5) is 13.3. The van der Waals surface area contributed by atoms with Gasteiger partial charge < -0.3 is 15.5 Å². The number of rotatable bonds is 6. The number of carbonyl (C=O) groups is 1. The average molecular weight is 235 g/mol. The minimum absolute atomic E-state index is 0.0401. The predicted octanol–water partition coefficient (Wildman–Crippen LogP) is 2.01. The summed E-state index contributed by atoms with van der Waals surface area (Å²) in [5, 5.41) is 6.13. The molecule has 1 aromatic carbocycles. The second-order valence-corrected chi connectivity index (χ2v) is 4.21. The molecule has 0 aromatic heterocycles. The third kappa shape index (κ3) is 5.36. The third-order valence-electron chi connectivity index (χ3n) is 2.38. The first-order valence-corrected chi connectivity index (χ1v) is 5.90. The maximum atomic E-state index is 11.2. The maximum Gasteiger partial charge on any atom is 0.224 e. The van der Waals surface area contributed by atoms with E-state index in [-0.39, 0.29) is 5.91 Å². The van der Waals surface area contributed by atoms with Crippen molar-refractivity contribution >= 4 is 17.3 Å². The van der Waals surface area contributed by atoms with E-state index in [1.165, 1.54) is 0 Å². The van der Waals surface area contributed by atoms with Crippen molar-refractivity contribution in [2.24, 2.45) is 0 Å². The predicted molar refractivity (Wildman–Crippen MR) is 72.4 cm³/mol. The monoisotopic (exact) mass is 235 g/mol. The van der Waals surface area contributed by atoms with E-state index in [1.54, 1.807) is 0 Å². The topological polar surface area (TPSA) is 44.4 Å². The summed E-state index contributed by atoms with van der Waals surface area (Å²) in [7, 11) is 4.09. The molecule has 0 fully saturated rings. The van der Waals surface area contributed by atoms with Crippen LogP contribution in [0.2, 0.25) is 0 Å². The molecule has 0 atom stereocenters. The first-order valence-electron chi connectivity index (χ1n) is 5.90. The number of benzene rings is 1. The Balaban J connectivity index is 2.42. The first-order chi connectivity index (χ1) is 8.11. The molecule has 17 heavy (non-hydrogen) atoms. The molecule has 4 heteroatoms. The van der Waals surface area contributed by atoms with Crippen LogP contribution >= 0.6 is 0 Å². The highest BCUT2D eigenvalue weighted by molar-refractivity contribution is 5.90. The van der Waals surface area contributed by atoms with Gasteiger partial charge in [-0.1, -0.05) is 6.92 Å². The molecule has 1 aromatic rings. The van der Waals surface area contributed by atoms with Gasteiger partial charge >= 0.3 is 0 Å². The smallest absolute Gasteiger partial charge is 0.224 e. The highest BCUT2D eigenvalue weighted by Crippen LogP contribution is 2.13. The van der Waals surface area contributed by atoms with Crippen LogP contribution in [-0.4, -0.2) is 38.0 Å². The summed E-state index contributed by atoms with van der Waals surface area (Å²) in [5.74, 6) is 0.0401. The molecular weight excluding hydrogens is 214 g/mol. The number of likely N-dealkylation sites (N-methyl/N-ethyl adjacent to an activating group) is 1. The molecule has 0 aliphatic rings. The highest BCUT2D eigenvalue weighted by Gasteiger charge is 1.98. The van der Waals surface area contributed by atoms with Crippen LogP contribution in [-0.2, 0) is 4.79 Å². The van der Waals surface area contributed by atoms with Gasteiger partial charge in [0, 0.05) is 30.9 Å². The van der Waals surface area contributed by atoms with E-state index in [0.717, 1.165) is 24.5 Å². The van der Waals surface area contributed by atoms with Crippen molar-refractivity contribution < 1.29 is 4.79 Å². The second-order valence-electron chi connectivity index (χ2n) is 4.21. The molecule has 1 amide bonds. The highest BCUT2D eigenvalue weighted by atomic mass is 16.1. The fourth-order valence-electron chi connectivity index (χ4n) is 1.34. The van der Waals surface area contributed by atoms with E-state index in [0.29, 0.717) is 6.42 Å². The Morgan fingerprint density at radius 2 is 1.76 bits per heavy atom. The molecule has 0 spiro atoms. The lowest BCUT2D eigenvalue weighted by atomic mass is 10.2. The van der Waals surface area contributed by atoms with Gasteiger partial charge in [0.25, 0.3) is 0 Å². The van der Waals surface area contributed by atoms with Crippen LogP contribution in [0.4, 0.5) is 11.4 Å². The molecule has 0 saturated heterocycles. The zero-order valence-corrected chi connectivity index (χ0v) is 10.8. The first kappa shape index (κ1) is 13.5. The van der Waals surface area contributed by atoms with E-state index in [2.05, 4.69) is 15.5 Å². The van der Waals surface area contributed by atoms with Crippen molar-refractivity contribution in [3.05, 3.63) is 24.3 Å². The van der Waals surface area contributed by atoms with E-state index < -0.39 is 0 Å².